The summed E-state index contributed by atoms with van der Waals surface area (Å²) < 4.78 is 15.6. The van der Waals surface area contributed by atoms with Crippen LogP contribution in [-0.4, -0.2) is 56.8 Å². The second-order valence-corrected chi connectivity index (χ2v) is 9.66. The smallest absolute Gasteiger partial charge is 0.254 e. The summed E-state index contributed by atoms with van der Waals surface area (Å²) in [4.78, 5) is 27.8. The fraction of sp³-hybridized carbons (Fsp3) is 0.423. The molecule has 0 aromatic heterocycles. The molecule has 0 bridgehead atoms. The zero-order valence-corrected chi connectivity index (χ0v) is 22.9. The van der Waals surface area contributed by atoms with Crippen molar-refractivity contribution >= 4 is 39.4 Å². The van der Waals surface area contributed by atoms with E-state index in [0.29, 0.717) is 35.9 Å². The highest BCUT2D eigenvalue weighted by Crippen LogP contribution is 2.38. The molecule has 0 radical (unpaired) electrons. The van der Waals surface area contributed by atoms with Gasteiger partial charge in [-0.1, -0.05) is 20.8 Å². The fourth-order valence-electron chi connectivity index (χ4n) is 4.25. The topological polar surface area (TPSA) is 92.3 Å². The number of hydrogen-bond acceptors (Lipinski definition) is 6. The molecule has 0 atom stereocenters. The van der Waals surface area contributed by atoms with E-state index in [1.807, 2.05) is 37.1 Å². The van der Waals surface area contributed by atoms with Crippen LogP contribution in [0.4, 0.5) is 5.69 Å². The molecule has 1 amide bonds. The van der Waals surface area contributed by atoms with Gasteiger partial charge in [-0.3, -0.25) is 9.59 Å². The molecule has 0 saturated heterocycles. The van der Waals surface area contributed by atoms with Crippen molar-refractivity contribution in [3.63, 3.8) is 0 Å². The Balaban J connectivity index is 1.97. The van der Waals surface area contributed by atoms with E-state index in [9.17, 15) is 9.59 Å². The Morgan fingerprint density at radius 1 is 1.17 bits per heavy atom. The summed E-state index contributed by atoms with van der Waals surface area (Å²) in [6.07, 6.45) is 0. The van der Waals surface area contributed by atoms with Crippen LogP contribution in [0.1, 0.15) is 65.1 Å². The lowest BCUT2D eigenvalue weighted by atomic mass is 9.84. The maximum Gasteiger partial charge on any atom is 0.254 e. The number of hydrogen-bond donors (Lipinski definition) is 2. The summed E-state index contributed by atoms with van der Waals surface area (Å²) in [6.45, 7) is 9.17. The highest BCUT2D eigenvalue weighted by molar-refractivity contribution is 9.08. The van der Waals surface area contributed by atoms with E-state index in [0.717, 1.165) is 28.1 Å². The van der Waals surface area contributed by atoms with Crippen molar-refractivity contribution in [2.24, 2.45) is 4.02 Å². The molecule has 1 heterocycles. The van der Waals surface area contributed by atoms with Crippen molar-refractivity contribution < 1.29 is 19.1 Å². The van der Waals surface area contributed by atoms with Gasteiger partial charge in [0.25, 0.3) is 5.91 Å². The molecule has 1 aliphatic rings. The lowest BCUT2D eigenvalue weighted by Gasteiger charge is -2.25. The first-order valence-electron chi connectivity index (χ1n) is 11.5. The summed E-state index contributed by atoms with van der Waals surface area (Å²) in [5.74, 6) is 1.55. The first kappa shape index (κ1) is 26.5. The molecule has 2 N–H and O–H groups in total. The average molecular weight is 545 g/mol. The molecule has 0 aliphatic carbocycles. The van der Waals surface area contributed by atoms with E-state index in [4.69, 9.17) is 9.47 Å². The molecule has 0 spiro atoms. The van der Waals surface area contributed by atoms with Crippen molar-refractivity contribution in [3.8, 4) is 11.5 Å². The predicted octanol–water partition coefficient (Wildman–Crippen LogP) is 4.55. The van der Waals surface area contributed by atoms with E-state index in [2.05, 4.69) is 51.6 Å². The van der Waals surface area contributed by atoms with Crippen molar-refractivity contribution in [2.45, 2.75) is 39.7 Å². The molecule has 2 aromatic carbocycles. The minimum Gasteiger partial charge on any atom is -0.494 e. The van der Waals surface area contributed by atoms with Gasteiger partial charge in [0.15, 0.2) is 5.78 Å². The third-order valence-corrected chi connectivity index (χ3v) is 6.32. The molecule has 2 aromatic rings. The number of methoxy groups -OCH3 is 1. The van der Waals surface area contributed by atoms with Gasteiger partial charge in [-0.15, -0.1) is 0 Å². The van der Waals surface area contributed by atoms with Crippen LogP contribution in [0.25, 0.3) is 0 Å². The number of carbonyl (C=O) groups excluding carboxylic acids is 2. The largest absolute Gasteiger partial charge is 0.494 e. The van der Waals surface area contributed by atoms with Crippen molar-refractivity contribution in [1.29, 1.82) is 0 Å². The lowest BCUT2D eigenvalue weighted by molar-refractivity contribution is 0.0953. The number of anilines is 1. The molecule has 3 rings (SSSR count). The minimum absolute atomic E-state index is 0.0485. The van der Waals surface area contributed by atoms with Gasteiger partial charge in [0.2, 0.25) is 0 Å². The summed E-state index contributed by atoms with van der Waals surface area (Å²) >= 11 is 3.22. The Morgan fingerprint density at radius 2 is 1.89 bits per heavy atom. The fourth-order valence-corrected chi connectivity index (χ4v) is 4.66. The van der Waals surface area contributed by atoms with Gasteiger partial charge in [-0.05, 0) is 42.2 Å². The van der Waals surface area contributed by atoms with E-state index in [-0.39, 0.29) is 23.7 Å². The summed E-state index contributed by atoms with van der Waals surface area (Å²) in [5, 5.41) is 5.80. The number of benzene rings is 2. The van der Waals surface area contributed by atoms with E-state index in [1.54, 1.807) is 20.2 Å². The quantitative estimate of drug-likeness (QED) is 0.473. The van der Waals surface area contributed by atoms with Gasteiger partial charge in [0.1, 0.15) is 17.3 Å². The molecule has 9 heteroatoms. The zero-order chi connectivity index (χ0) is 25.9. The van der Waals surface area contributed by atoms with E-state index >= 15 is 0 Å². The van der Waals surface area contributed by atoms with Gasteiger partial charge >= 0.3 is 0 Å². The van der Waals surface area contributed by atoms with Crippen molar-refractivity contribution in [1.82, 2.24) is 10.2 Å². The van der Waals surface area contributed by atoms with Gasteiger partial charge in [0, 0.05) is 37.3 Å². The van der Waals surface area contributed by atoms with Crippen LogP contribution in [0.5, 0.6) is 11.5 Å². The molecule has 8 nitrogen and oxygen atoms in total. The van der Waals surface area contributed by atoms with Crippen molar-refractivity contribution in [3.05, 3.63) is 52.1 Å². The third kappa shape index (κ3) is 5.29. The molecule has 188 valence electrons. The van der Waals surface area contributed by atoms with E-state index in [1.165, 1.54) is 0 Å². The number of nitrogens with zero attached hydrogens (tertiary/aromatic N) is 2. The summed E-state index contributed by atoms with van der Waals surface area (Å²) in [5.41, 5.74) is 4.24. The lowest BCUT2D eigenvalue weighted by Crippen LogP contribution is -2.31. The Kier molecular flexibility index (Phi) is 8.10. The zero-order valence-electron chi connectivity index (χ0n) is 21.3. The van der Waals surface area contributed by atoms with E-state index < -0.39 is 0 Å². The molecule has 1 aliphatic heterocycles. The number of ketones is 1. The average Bonchev–Trinajstić information content (AvgIpc) is 3.17. The Morgan fingerprint density at radius 3 is 2.43 bits per heavy atom. The molecule has 0 saturated carbocycles. The maximum atomic E-state index is 13.5. The van der Waals surface area contributed by atoms with Crippen molar-refractivity contribution in [2.75, 3.05) is 39.7 Å². The van der Waals surface area contributed by atoms with Gasteiger partial charge < -0.3 is 25.0 Å². The second kappa shape index (κ2) is 10.7. The molecular formula is C26H33BrN4O4. The number of Topliss-reactive ketones (excluding diaryl/α,β-unsaturated/α-hetero) is 1. The Labute approximate surface area is 215 Å². The first-order chi connectivity index (χ1) is 16.6. The number of rotatable bonds is 8. The number of carbonyl (C=O) groups is 2. The summed E-state index contributed by atoms with van der Waals surface area (Å²) in [6, 6.07) is 7.36. The van der Waals surface area contributed by atoms with Crippen LogP contribution in [-0.2, 0) is 12.0 Å². The number of amidine groups is 1. The van der Waals surface area contributed by atoms with Crippen LogP contribution in [0.3, 0.4) is 0 Å². The first-order valence-corrected chi connectivity index (χ1v) is 12.2. The molecule has 35 heavy (non-hydrogen) atoms. The number of nitrogens with one attached hydrogen (secondary N) is 2. The normalized spacial score (nSPS) is 14.1. The minimum atomic E-state index is -0.243. The van der Waals surface area contributed by atoms with Gasteiger partial charge in [-0.25, -0.2) is 0 Å². The van der Waals surface area contributed by atoms with Crippen LogP contribution < -0.4 is 20.1 Å². The standard InChI is InChI=1S/C26H33BrN4O4/c1-8-35-22-11-16-13-31(24(30-27)17(16)12-18(22)25(33)29-6)14-21(32)15-9-19(26(2,3)4)23(34-7)20(10-15)28-5/h9-12,28H,8,13-14H2,1-7H3,(H,29,33). The maximum absolute atomic E-state index is 13.5. The number of amides is 1. The highest BCUT2D eigenvalue weighted by atomic mass is 79.9. The third-order valence-electron chi connectivity index (χ3n) is 5.99. The van der Waals surface area contributed by atoms with Gasteiger partial charge in [0.05, 0.1) is 47.7 Å². The van der Waals surface area contributed by atoms with Crippen LogP contribution in [0.15, 0.2) is 28.3 Å². The Bertz CT molecular complexity index is 1170. The predicted molar refractivity (Wildman–Crippen MR) is 142 cm³/mol. The molecular weight excluding hydrogens is 512 g/mol. The summed E-state index contributed by atoms with van der Waals surface area (Å²) in [7, 11) is 5.03. The van der Waals surface area contributed by atoms with Crippen LogP contribution in [0, 0.1) is 0 Å². The SMILES string of the molecule is CCOc1cc2c(cc1C(=O)NC)C(=NBr)N(CC(=O)c1cc(NC)c(OC)c(C(C)(C)C)c1)C2. The molecule has 0 fully saturated rings. The van der Waals surface area contributed by atoms with Gasteiger partial charge in [-0.2, -0.15) is 4.02 Å². The van der Waals surface area contributed by atoms with Crippen LogP contribution in [0.2, 0.25) is 0 Å². The number of fused-ring (bicyclic) bond motifs is 1. The van der Waals surface area contributed by atoms with Crippen LogP contribution >= 0.6 is 16.1 Å². The number of halogens is 1. The highest BCUT2D eigenvalue weighted by Gasteiger charge is 2.31. The number of ether oxygens (including phenoxy) is 2. The Hall–Kier alpha value is -3.07. The second-order valence-electron chi connectivity index (χ2n) is 9.31. The monoisotopic (exact) mass is 544 g/mol. The molecule has 0 unspecified atom stereocenters.